The Morgan fingerprint density at radius 2 is 1.81 bits per heavy atom. The number of nitro groups is 1. The number of rotatable bonds is 8. The number of nitro benzene ring substituents is 1. The van der Waals surface area contributed by atoms with Crippen LogP contribution in [0.2, 0.25) is 5.02 Å². The maximum absolute atomic E-state index is 11.9. The molecule has 0 heterocycles. The van der Waals surface area contributed by atoms with Gasteiger partial charge in [0.05, 0.1) is 16.7 Å². The third kappa shape index (κ3) is 6.92. The molecule has 0 aliphatic carbocycles. The number of thioether (sulfide) groups is 1. The normalized spacial score (nSPS) is 11.5. The second kappa shape index (κ2) is 9.94. The summed E-state index contributed by atoms with van der Waals surface area (Å²) in [6.45, 7) is 1.44. The van der Waals surface area contributed by atoms with Crippen molar-refractivity contribution >= 4 is 40.9 Å². The number of halogens is 1. The number of non-ortho nitro benzene ring substituents is 1. The quantitative estimate of drug-likeness (QED) is 0.309. The topological polar surface area (TPSA) is 98.5 Å². The first kappa shape index (κ1) is 20.7. The molecule has 27 heavy (non-hydrogen) atoms. The van der Waals surface area contributed by atoms with Gasteiger partial charge in [0.25, 0.3) is 11.6 Å². The first-order valence-corrected chi connectivity index (χ1v) is 9.29. The number of nitrogens with zero attached hydrogens (tertiary/aromatic N) is 1. The molecule has 0 radical (unpaired) electrons. The summed E-state index contributed by atoms with van der Waals surface area (Å²) < 4.78 is 4.94. The highest BCUT2D eigenvalue weighted by Gasteiger charge is 2.12. The fourth-order valence-corrected chi connectivity index (χ4v) is 2.93. The molecule has 1 N–H and O–H groups in total. The Hall–Kier alpha value is -2.58. The SMILES string of the molecule is C[C@H](NC(=O)COC(=O)CSc1ccc([N+](=O)[O-])cc1)c1ccc(Cl)cc1. The molecule has 0 aliphatic heterocycles. The summed E-state index contributed by atoms with van der Waals surface area (Å²) in [6, 6.07) is 12.7. The molecular weight excluding hydrogens is 392 g/mol. The van der Waals surface area contributed by atoms with Crippen molar-refractivity contribution in [3.8, 4) is 0 Å². The minimum Gasteiger partial charge on any atom is -0.455 e. The van der Waals surface area contributed by atoms with Gasteiger partial charge in [-0.2, -0.15) is 0 Å². The van der Waals surface area contributed by atoms with E-state index in [1.165, 1.54) is 23.9 Å². The monoisotopic (exact) mass is 408 g/mol. The second-order valence-electron chi connectivity index (χ2n) is 5.54. The first-order chi connectivity index (χ1) is 12.8. The lowest BCUT2D eigenvalue weighted by molar-refractivity contribution is -0.384. The summed E-state index contributed by atoms with van der Waals surface area (Å²) in [4.78, 5) is 34.4. The van der Waals surface area contributed by atoms with Crippen molar-refractivity contribution in [2.75, 3.05) is 12.4 Å². The molecule has 0 aromatic heterocycles. The maximum atomic E-state index is 11.9. The molecule has 0 saturated carbocycles. The average molecular weight is 409 g/mol. The van der Waals surface area contributed by atoms with Gasteiger partial charge in [-0.3, -0.25) is 19.7 Å². The van der Waals surface area contributed by atoms with Crippen LogP contribution in [0, 0.1) is 10.1 Å². The Balaban J connectivity index is 1.72. The molecule has 0 saturated heterocycles. The van der Waals surface area contributed by atoms with Crippen molar-refractivity contribution in [3.05, 3.63) is 69.2 Å². The van der Waals surface area contributed by atoms with Crippen LogP contribution in [0.4, 0.5) is 5.69 Å². The molecule has 2 aromatic rings. The third-order valence-corrected chi connectivity index (χ3v) is 4.75. The molecule has 0 bridgehead atoms. The number of carbonyl (C=O) groups is 2. The second-order valence-corrected chi connectivity index (χ2v) is 7.03. The zero-order chi connectivity index (χ0) is 19.8. The first-order valence-electron chi connectivity index (χ1n) is 7.93. The Kier molecular flexibility index (Phi) is 7.63. The molecule has 142 valence electrons. The van der Waals surface area contributed by atoms with Gasteiger partial charge < -0.3 is 10.1 Å². The summed E-state index contributed by atoms with van der Waals surface area (Å²) >= 11 is 7.00. The summed E-state index contributed by atoms with van der Waals surface area (Å²) in [5.41, 5.74) is 0.862. The summed E-state index contributed by atoms with van der Waals surface area (Å²) in [5, 5.41) is 13.9. The predicted octanol–water partition coefficient (Wildman–Crippen LogP) is 3.76. The van der Waals surface area contributed by atoms with Crippen molar-refractivity contribution < 1.29 is 19.2 Å². The van der Waals surface area contributed by atoms with E-state index in [1.54, 1.807) is 36.4 Å². The zero-order valence-electron chi connectivity index (χ0n) is 14.4. The van der Waals surface area contributed by atoms with Crippen LogP contribution < -0.4 is 5.32 Å². The highest BCUT2D eigenvalue weighted by molar-refractivity contribution is 8.00. The van der Waals surface area contributed by atoms with Crippen LogP contribution in [-0.4, -0.2) is 29.2 Å². The van der Waals surface area contributed by atoms with Gasteiger partial charge in [-0.25, -0.2) is 0 Å². The predicted molar refractivity (Wildman–Crippen MR) is 103 cm³/mol. The van der Waals surface area contributed by atoms with Gasteiger partial charge in [0.1, 0.15) is 0 Å². The van der Waals surface area contributed by atoms with Crippen molar-refractivity contribution in [1.29, 1.82) is 0 Å². The minimum atomic E-state index is -0.548. The van der Waals surface area contributed by atoms with E-state index >= 15 is 0 Å². The minimum absolute atomic E-state index is 0.00215. The van der Waals surface area contributed by atoms with Crippen LogP contribution in [0.1, 0.15) is 18.5 Å². The largest absolute Gasteiger partial charge is 0.455 e. The number of nitrogens with one attached hydrogen (secondary N) is 1. The highest BCUT2D eigenvalue weighted by Crippen LogP contribution is 2.21. The Labute approximate surface area is 165 Å². The van der Waals surface area contributed by atoms with Gasteiger partial charge in [-0.05, 0) is 36.8 Å². The van der Waals surface area contributed by atoms with Crippen molar-refractivity contribution in [3.63, 3.8) is 0 Å². The van der Waals surface area contributed by atoms with Gasteiger partial charge in [-0.1, -0.05) is 23.7 Å². The van der Waals surface area contributed by atoms with E-state index in [9.17, 15) is 19.7 Å². The molecule has 2 aromatic carbocycles. The van der Waals surface area contributed by atoms with Gasteiger partial charge in [0.2, 0.25) is 0 Å². The molecule has 0 aliphatic rings. The van der Waals surface area contributed by atoms with Crippen LogP contribution >= 0.6 is 23.4 Å². The van der Waals surface area contributed by atoms with E-state index in [-0.39, 0.29) is 24.1 Å². The van der Waals surface area contributed by atoms with E-state index in [0.717, 1.165) is 5.56 Å². The number of esters is 1. The van der Waals surface area contributed by atoms with Crippen molar-refractivity contribution in [2.45, 2.75) is 17.9 Å². The van der Waals surface area contributed by atoms with Gasteiger partial charge in [-0.15, -0.1) is 11.8 Å². The lowest BCUT2D eigenvalue weighted by Gasteiger charge is -2.14. The summed E-state index contributed by atoms with van der Waals surface area (Å²) in [6.07, 6.45) is 0. The van der Waals surface area contributed by atoms with Gasteiger partial charge in [0.15, 0.2) is 6.61 Å². The standard InChI is InChI=1S/C18H17ClN2O5S/c1-12(13-2-4-14(19)5-3-13)20-17(22)10-26-18(23)11-27-16-8-6-15(7-9-16)21(24)25/h2-9,12H,10-11H2,1H3,(H,20,22)/t12-/m0/s1. The molecule has 2 rings (SSSR count). The Bertz CT molecular complexity index is 812. The van der Waals surface area contributed by atoms with Gasteiger partial charge >= 0.3 is 5.97 Å². The van der Waals surface area contributed by atoms with Gasteiger partial charge in [0, 0.05) is 22.1 Å². The van der Waals surface area contributed by atoms with E-state index in [1.807, 2.05) is 6.92 Å². The van der Waals surface area contributed by atoms with E-state index in [0.29, 0.717) is 9.92 Å². The van der Waals surface area contributed by atoms with Crippen LogP contribution in [0.25, 0.3) is 0 Å². The fourth-order valence-electron chi connectivity index (χ4n) is 2.11. The Morgan fingerprint density at radius 3 is 2.41 bits per heavy atom. The number of hydrogen-bond acceptors (Lipinski definition) is 6. The average Bonchev–Trinajstić information content (AvgIpc) is 2.65. The molecule has 1 amide bonds. The number of carbonyl (C=O) groups excluding carboxylic acids is 2. The molecule has 0 spiro atoms. The van der Waals surface area contributed by atoms with E-state index < -0.39 is 16.8 Å². The summed E-state index contributed by atoms with van der Waals surface area (Å²) in [7, 11) is 0. The van der Waals surface area contributed by atoms with Crippen molar-refractivity contribution in [2.24, 2.45) is 0 Å². The molecule has 1 atom stereocenters. The maximum Gasteiger partial charge on any atom is 0.316 e. The van der Waals surface area contributed by atoms with Crippen LogP contribution in [0.5, 0.6) is 0 Å². The number of amides is 1. The molecule has 7 nitrogen and oxygen atoms in total. The summed E-state index contributed by atoms with van der Waals surface area (Å²) in [5.74, 6) is -0.962. The zero-order valence-corrected chi connectivity index (χ0v) is 16.0. The third-order valence-electron chi connectivity index (χ3n) is 3.52. The molecular formula is C18H17ClN2O5S. The number of hydrogen-bond donors (Lipinski definition) is 1. The fraction of sp³-hybridized carbons (Fsp3) is 0.222. The smallest absolute Gasteiger partial charge is 0.316 e. The number of benzene rings is 2. The lowest BCUT2D eigenvalue weighted by Crippen LogP contribution is -2.31. The van der Waals surface area contributed by atoms with Crippen LogP contribution in [-0.2, 0) is 14.3 Å². The highest BCUT2D eigenvalue weighted by atomic mass is 35.5. The number of ether oxygens (including phenoxy) is 1. The lowest BCUT2D eigenvalue weighted by atomic mass is 10.1. The molecule has 9 heteroatoms. The van der Waals surface area contributed by atoms with E-state index in [4.69, 9.17) is 16.3 Å². The van der Waals surface area contributed by atoms with E-state index in [2.05, 4.69) is 5.32 Å². The van der Waals surface area contributed by atoms with Crippen LogP contribution in [0.15, 0.2) is 53.4 Å². The molecule has 0 unspecified atom stereocenters. The Morgan fingerprint density at radius 1 is 1.19 bits per heavy atom. The van der Waals surface area contributed by atoms with Crippen LogP contribution in [0.3, 0.4) is 0 Å². The van der Waals surface area contributed by atoms with Crippen molar-refractivity contribution in [1.82, 2.24) is 5.32 Å². The molecule has 0 fully saturated rings.